The molecular weight excluding hydrogens is 288 g/mol. The van der Waals surface area contributed by atoms with Crippen LogP contribution < -0.4 is 0 Å². The molecule has 0 heteroatoms. The van der Waals surface area contributed by atoms with Crippen molar-refractivity contribution < 1.29 is 0 Å². The van der Waals surface area contributed by atoms with Crippen molar-refractivity contribution in [3.05, 3.63) is 78.4 Å². The fourth-order valence-electron chi connectivity index (χ4n) is 1.38. The van der Waals surface area contributed by atoms with E-state index in [4.69, 9.17) is 0 Å². The summed E-state index contributed by atoms with van der Waals surface area (Å²) < 4.78 is 0. The first kappa shape index (κ1) is 30.1. The van der Waals surface area contributed by atoms with E-state index in [0.717, 1.165) is 11.1 Å². The van der Waals surface area contributed by atoms with E-state index in [-0.39, 0.29) is 0 Å². The van der Waals surface area contributed by atoms with Gasteiger partial charge in [-0.15, -0.1) is 6.58 Å². The largest absolute Gasteiger partial charge is 0.100 e. The molecule has 0 bridgehead atoms. The highest BCUT2D eigenvalue weighted by Gasteiger charge is 2.01. The lowest BCUT2D eigenvalue weighted by molar-refractivity contribution is 1.42. The smallest absolute Gasteiger partial charge is 0.0160 e. The Balaban J connectivity index is -0.000000169. The molecule has 0 aromatic heterocycles. The summed E-state index contributed by atoms with van der Waals surface area (Å²) in [6.45, 7) is 31.3. The van der Waals surface area contributed by atoms with Crippen LogP contribution in [0.1, 0.15) is 73.4 Å². The molecule has 0 aliphatic heterocycles. The van der Waals surface area contributed by atoms with Crippen molar-refractivity contribution in [1.29, 1.82) is 0 Å². The molecular formula is C24H42. The van der Waals surface area contributed by atoms with Gasteiger partial charge in [0, 0.05) is 0 Å². The maximum atomic E-state index is 3.96. The fourth-order valence-corrected chi connectivity index (χ4v) is 1.38. The van der Waals surface area contributed by atoms with Crippen LogP contribution >= 0.6 is 0 Å². The predicted octanol–water partition coefficient (Wildman–Crippen LogP) is 8.80. The van der Waals surface area contributed by atoms with Crippen molar-refractivity contribution >= 4 is 5.57 Å². The number of benzene rings is 1. The van der Waals surface area contributed by atoms with Gasteiger partial charge < -0.3 is 0 Å². The Morgan fingerprint density at radius 2 is 1.17 bits per heavy atom. The van der Waals surface area contributed by atoms with Crippen LogP contribution in [-0.4, -0.2) is 0 Å². The summed E-state index contributed by atoms with van der Waals surface area (Å²) in [6.07, 6.45) is 3.85. The van der Waals surface area contributed by atoms with Crippen LogP contribution in [0.5, 0.6) is 0 Å². The Bertz CT molecular complexity index is 437. The van der Waals surface area contributed by atoms with Gasteiger partial charge in [-0.3, -0.25) is 0 Å². The van der Waals surface area contributed by atoms with E-state index < -0.39 is 0 Å². The Morgan fingerprint density at radius 3 is 1.42 bits per heavy atom. The molecule has 0 fully saturated rings. The summed E-state index contributed by atoms with van der Waals surface area (Å²) in [5.41, 5.74) is 5.76. The first-order valence-corrected chi connectivity index (χ1v) is 9.09. The van der Waals surface area contributed by atoms with Gasteiger partial charge in [-0.05, 0) is 44.4 Å². The zero-order valence-corrected chi connectivity index (χ0v) is 18.1. The van der Waals surface area contributed by atoms with Crippen LogP contribution in [0.25, 0.3) is 5.57 Å². The van der Waals surface area contributed by atoms with Crippen molar-refractivity contribution in [2.24, 2.45) is 0 Å². The average molecular weight is 331 g/mol. The molecule has 0 aliphatic carbocycles. The van der Waals surface area contributed by atoms with Crippen LogP contribution in [0.3, 0.4) is 0 Å². The van der Waals surface area contributed by atoms with Crippen molar-refractivity contribution in [2.75, 3.05) is 0 Å². The summed E-state index contributed by atoms with van der Waals surface area (Å²) >= 11 is 0. The molecule has 0 unspecified atom stereocenters. The van der Waals surface area contributed by atoms with Gasteiger partial charge in [-0.25, -0.2) is 0 Å². The monoisotopic (exact) mass is 330 g/mol. The fraction of sp³-hybridized carbons (Fsp3) is 0.417. The molecule has 138 valence electrons. The van der Waals surface area contributed by atoms with Crippen molar-refractivity contribution in [3.63, 3.8) is 0 Å². The lowest BCUT2D eigenvalue weighted by atomic mass is 9.98. The quantitative estimate of drug-likeness (QED) is 0.383. The summed E-state index contributed by atoms with van der Waals surface area (Å²) in [5.74, 6) is 0. The summed E-state index contributed by atoms with van der Waals surface area (Å²) in [5, 5.41) is 0. The standard InChI is InChI=1S/C14H16.C4H8.3C2H6/c1-5-12(4)14(6-2)13-9-7-11(3)8-10-13;1-4(2)3;3*1-2/h5-10H,1,4H2,2-3H3;1H2,2-3H3;3*1-2H3/b14-6+;;;;. The third-order valence-corrected chi connectivity index (χ3v) is 2.24. The van der Waals surface area contributed by atoms with E-state index in [1.165, 1.54) is 16.7 Å². The summed E-state index contributed by atoms with van der Waals surface area (Å²) in [6, 6.07) is 8.43. The first-order valence-electron chi connectivity index (χ1n) is 9.09. The molecule has 1 aromatic rings. The minimum atomic E-state index is 0.969. The molecule has 0 saturated carbocycles. The van der Waals surface area contributed by atoms with Gasteiger partial charge in [0.25, 0.3) is 0 Å². The molecule has 0 N–H and O–H groups in total. The van der Waals surface area contributed by atoms with E-state index in [1.807, 2.05) is 62.3 Å². The van der Waals surface area contributed by atoms with Crippen molar-refractivity contribution in [3.8, 4) is 0 Å². The molecule has 0 saturated heterocycles. The highest BCUT2D eigenvalue weighted by Crippen LogP contribution is 2.22. The van der Waals surface area contributed by atoms with Gasteiger partial charge in [0.1, 0.15) is 0 Å². The maximum absolute atomic E-state index is 3.96. The number of hydrogen-bond donors (Lipinski definition) is 0. The number of aryl methyl sites for hydroxylation is 1. The molecule has 0 radical (unpaired) electrons. The SMILES string of the molecule is C=C(C)C.C=CC(=C)/C(=C\C)c1ccc(C)cc1.CC.CC.CC. The van der Waals surface area contributed by atoms with Crippen LogP contribution in [0.4, 0.5) is 0 Å². The minimum Gasteiger partial charge on any atom is -0.100 e. The lowest BCUT2D eigenvalue weighted by Crippen LogP contribution is -1.85. The highest BCUT2D eigenvalue weighted by molar-refractivity contribution is 5.80. The number of hydrogen-bond acceptors (Lipinski definition) is 0. The number of allylic oxidation sites excluding steroid dienone is 5. The Morgan fingerprint density at radius 1 is 0.833 bits per heavy atom. The van der Waals surface area contributed by atoms with Crippen LogP contribution in [0.2, 0.25) is 0 Å². The van der Waals surface area contributed by atoms with Gasteiger partial charge in [0.05, 0.1) is 0 Å². The van der Waals surface area contributed by atoms with Crippen LogP contribution in [0, 0.1) is 6.92 Å². The lowest BCUT2D eigenvalue weighted by Gasteiger charge is -2.07. The van der Waals surface area contributed by atoms with E-state index in [0.29, 0.717) is 0 Å². The van der Waals surface area contributed by atoms with Crippen molar-refractivity contribution in [1.82, 2.24) is 0 Å². The van der Waals surface area contributed by atoms with Gasteiger partial charge in [0.2, 0.25) is 0 Å². The molecule has 0 amide bonds. The topological polar surface area (TPSA) is 0 Å². The highest BCUT2D eigenvalue weighted by atomic mass is 14.1. The normalized spacial score (nSPS) is 8.33. The predicted molar refractivity (Wildman–Crippen MR) is 119 cm³/mol. The molecule has 24 heavy (non-hydrogen) atoms. The molecule has 1 rings (SSSR count). The van der Waals surface area contributed by atoms with Crippen molar-refractivity contribution in [2.45, 2.75) is 69.2 Å². The summed E-state index contributed by atoms with van der Waals surface area (Å²) in [4.78, 5) is 0. The van der Waals surface area contributed by atoms with E-state index >= 15 is 0 Å². The molecule has 0 aliphatic rings. The Kier molecular flexibility index (Phi) is 29.4. The van der Waals surface area contributed by atoms with Gasteiger partial charge in [-0.1, -0.05) is 102 Å². The van der Waals surface area contributed by atoms with E-state index in [2.05, 4.69) is 57.0 Å². The van der Waals surface area contributed by atoms with Crippen LogP contribution in [-0.2, 0) is 0 Å². The molecule has 1 aromatic carbocycles. The molecule has 0 heterocycles. The average Bonchev–Trinajstić information content (AvgIpc) is 2.62. The Hall–Kier alpha value is -1.82. The van der Waals surface area contributed by atoms with Gasteiger partial charge >= 0.3 is 0 Å². The maximum Gasteiger partial charge on any atom is -0.0160 e. The zero-order chi connectivity index (χ0) is 20.1. The third-order valence-electron chi connectivity index (χ3n) is 2.24. The van der Waals surface area contributed by atoms with Gasteiger partial charge in [-0.2, -0.15) is 0 Å². The van der Waals surface area contributed by atoms with Gasteiger partial charge in [0.15, 0.2) is 0 Å². The van der Waals surface area contributed by atoms with E-state index in [9.17, 15) is 0 Å². The number of rotatable bonds is 3. The van der Waals surface area contributed by atoms with E-state index in [1.54, 1.807) is 6.08 Å². The zero-order valence-electron chi connectivity index (χ0n) is 18.1. The summed E-state index contributed by atoms with van der Waals surface area (Å²) in [7, 11) is 0. The third kappa shape index (κ3) is 18.2. The molecule has 0 atom stereocenters. The Labute approximate surface area is 153 Å². The van der Waals surface area contributed by atoms with Crippen LogP contribution in [0.15, 0.2) is 67.3 Å². The molecule has 0 spiro atoms. The second kappa shape index (κ2) is 23.4. The first-order chi connectivity index (χ1) is 11.4. The molecule has 0 nitrogen and oxygen atoms in total. The minimum absolute atomic E-state index is 0.969. The second-order valence-electron chi connectivity index (χ2n) is 4.50. The second-order valence-corrected chi connectivity index (χ2v) is 4.50.